The molecule has 1 aromatic heterocycles. The van der Waals surface area contributed by atoms with Crippen molar-refractivity contribution < 1.29 is 17.9 Å². The van der Waals surface area contributed by atoms with Gasteiger partial charge in [-0.1, -0.05) is 0 Å². The Bertz CT molecular complexity index is 437. The van der Waals surface area contributed by atoms with Crippen LogP contribution >= 0.6 is 11.3 Å². The Morgan fingerprint density at radius 1 is 1.35 bits per heavy atom. The summed E-state index contributed by atoms with van der Waals surface area (Å²) < 4.78 is 36.4. The van der Waals surface area contributed by atoms with Gasteiger partial charge in [-0.2, -0.15) is 0 Å². The van der Waals surface area contributed by atoms with Gasteiger partial charge in [0.25, 0.3) is 0 Å². The fourth-order valence-electron chi connectivity index (χ4n) is 1.27. The number of aryl methyl sites for hydroxylation is 1. The standard InChI is InChI=1S/C10H17NO4S2/c1-8-4-5-10(16-8)17(12,13)11-7-6-9(14-2)15-3/h4-5,9,11H,6-7H2,1-3H3. The molecular formula is C10H17NO4S2. The zero-order valence-corrected chi connectivity index (χ0v) is 11.7. The predicted molar refractivity (Wildman–Crippen MR) is 66.7 cm³/mol. The van der Waals surface area contributed by atoms with E-state index in [2.05, 4.69) is 4.72 Å². The average Bonchev–Trinajstić information content (AvgIpc) is 2.72. The van der Waals surface area contributed by atoms with Crippen LogP contribution in [-0.4, -0.2) is 35.5 Å². The van der Waals surface area contributed by atoms with E-state index in [0.717, 1.165) is 4.88 Å². The molecule has 0 radical (unpaired) electrons. The van der Waals surface area contributed by atoms with Crippen molar-refractivity contribution in [1.29, 1.82) is 0 Å². The summed E-state index contributed by atoms with van der Waals surface area (Å²) in [4.78, 5) is 0.969. The lowest BCUT2D eigenvalue weighted by Gasteiger charge is -2.13. The Balaban J connectivity index is 2.51. The number of hydrogen-bond acceptors (Lipinski definition) is 5. The van der Waals surface area contributed by atoms with E-state index < -0.39 is 10.0 Å². The maximum atomic E-state index is 11.8. The van der Waals surface area contributed by atoms with Gasteiger partial charge < -0.3 is 9.47 Å². The molecule has 0 fully saturated rings. The Kier molecular flexibility index (Phi) is 5.54. The van der Waals surface area contributed by atoms with Gasteiger partial charge in [-0.3, -0.25) is 0 Å². The van der Waals surface area contributed by atoms with E-state index in [-0.39, 0.29) is 12.8 Å². The Morgan fingerprint density at radius 3 is 2.47 bits per heavy atom. The van der Waals surface area contributed by atoms with E-state index in [1.807, 2.05) is 6.92 Å². The minimum Gasteiger partial charge on any atom is -0.356 e. The summed E-state index contributed by atoms with van der Waals surface area (Å²) in [7, 11) is -0.356. The van der Waals surface area contributed by atoms with Gasteiger partial charge in [0.15, 0.2) is 6.29 Å². The molecule has 1 heterocycles. The molecule has 0 unspecified atom stereocenters. The first kappa shape index (κ1) is 14.6. The molecule has 1 aromatic rings. The van der Waals surface area contributed by atoms with E-state index >= 15 is 0 Å². The second kappa shape index (κ2) is 6.46. The van der Waals surface area contributed by atoms with Crippen molar-refractivity contribution in [3.8, 4) is 0 Å². The van der Waals surface area contributed by atoms with Gasteiger partial charge in [0.1, 0.15) is 4.21 Å². The number of ether oxygens (including phenoxy) is 2. The minimum absolute atomic E-state index is 0.283. The summed E-state index contributed by atoms with van der Waals surface area (Å²) >= 11 is 1.25. The summed E-state index contributed by atoms with van der Waals surface area (Å²) in [6, 6.07) is 3.39. The Morgan fingerprint density at radius 2 is 2.00 bits per heavy atom. The van der Waals surface area contributed by atoms with Crippen LogP contribution in [-0.2, 0) is 19.5 Å². The highest BCUT2D eigenvalue weighted by Crippen LogP contribution is 2.20. The molecule has 0 bridgehead atoms. The smallest absolute Gasteiger partial charge is 0.250 e. The average molecular weight is 279 g/mol. The van der Waals surface area contributed by atoms with Crippen molar-refractivity contribution in [3.63, 3.8) is 0 Å². The summed E-state index contributed by atoms with van der Waals surface area (Å²) in [5.74, 6) is 0. The van der Waals surface area contributed by atoms with E-state index in [1.165, 1.54) is 25.6 Å². The van der Waals surface area contributed by atoms with Crippen LogP contribution in [0.3, 0.4) is 0 Å². The van der Waals surface area contributed by atoms with Crippen molar-refractivity contribution in [2.24, 2.45) is 0 Å². The van der Waals surface area contributed by atoms with Crippen molar-refractivity contribution >= 4 is 21.4 Å². The van der Waals surface area contributed by atoms with Crippen LogP contribution in [0.15, 0.2) is 16.3 Å². The van der Waals surface area contributed by atoms with Crippen LogP contribution in [0.5, 0.6) is 0 Å². The van der Waals surface area contributed by atoms with E-state index in [9.17, 15) is 8.42 Å². The van der Waals surface area contributed by atoms with Crippen molar-refractivity contribution in [2.75, 3.05) is 20.8 Å². The van der Waals surface area contributed by atoms with Gasteiger partial charge in [-0.25, -0.2) is 13.1 Å². The fraction of sp³-hybridized carbons (Fsp3) is 0.600. The molecule has 17 heavy (non-hydrogen) atoms. The van der Waals surface area contributed by atoms with Crippen LogP contribution in [0, 0.1) is 6.92 Å². The quantitative estimate of drug-likeness (QED) is 0.765. The largest absolute Gasteiger partial charge is 0.356 e. The van der Waals surface area contributed by atoms with Gasteiger partial charge in [-0.05, 0) is 19.1 Å². The first-order valence-electron chi connectivity index (χ1n) is 5.11. The second-order valence-electron chi connectivity index (χ2n) is 3.45. The molecule has 1 N–H and O–H groups in total. The molecule has 0 aliphatic heterocycles. The molecule has 7 heteroatoms. The van der Waals surface area contributed by atoms with Gasteiger partial charge in [-0.15, -0.1) is 11.3 Å². The number of thiophene rings is 1. The Hall–Kier alpha value is -0.470. The summed E-state index contributed by atoms with van der Waals surface area (Å²) in [6.45, 7) is 2.15. The number of nitrogens with one attached hydrogen (secondary N) is 1. The zero-order chi connectivity index (χ0) is 12.9. The molecule has 98 valence electrons. The molecule has 1 rings (SSSR count). The molecule has 0 atom stereocenters. The van der Waals surface area contributed by atoms with E-state index in [1.54, 1.807) is 12.1 Å². The normalized spacial score (nSPS) is 12.2. The Labute approximate surface area is 106 Å². The second-order valence-corrected chi connectivity index (χ2v) is 6.73. The SMILES string of the molecule is COC(CCNS(=O)(=O)c1ccc(C)s1)OC. The molecule has 0 aliphatic rings. The lowest BCUT2D eigenvalue weighted by Crippen LogP contribution is -2.28. The summed E-state index contributed by atoms with van der Waals surface area (Å²) in [5, 5.41) is 0. The third-order valence-corrected chi connectivity index (χ3v) is 5.13. The highest BCUT2D eigenvalue weighted by molar-refractivity contribution is 7.91. The predicted octanol–water partition coefficient (Wildman–Crippen LogP) is 1.34. The molecule has 0 saturated heterocycles. The first-order chi connectivity index (χ1) is 7.99. The highest BCUT2D eigenvalue weighted by Gasteiger charge is 2.16. The van der Waals surface area contributed by atoms with E-state index in [4.69, 9.17) is 9.47 Å². The van der Waals surface area contributed by atoms with Crippen LogP contribution < -0.4 is 4.72 Å². The zero-order valence-electron chi connectivity index (χ0n) is 10.1. The minimum atomic E-state index is -3.39. The lowest BCUT2D eigenvalue weighted by atomic mass is 10.4. The topological polar surface area (TPSA) is 64.6 Å². The van der Waals surface area contributed by atoms with Crippen molar-refractivity contribution in [2.45, 2.75) is 23.8 Å². The van der Waals surface area contributed by atoms with Gasteiger partial charge in [0.05, 0.1) is 0 Å². The number of sulfonamides is 1. The van der Waals surface area contributed by atoms with Crippen LogP contribution in [0.25, 0.3) is 0 Å². The van der Waals surface area contributed by atoms with E-state index in [0.29, 0.717) is 10.6 Å². The molecule has 5 nitrogen and oxygen atoms in total. The van der Waals surface area contributed by atoms with Gasteiger partial charge in [0, 0.05) is 32.1 Å². The monoisotopic (exact) mass is 279 g/mol. The maximum absolute atomic E-state index is 11.8. The van der Waals surface area contributed by atoms with Crippen LogP contribution in [0.4, 0.5) is 0 Å². The molecule has 0 spiro atoms. The van der Waals surface area contributed by atoms with Gasteiger partial charge >= 0.3 is 0 Å². The maximum Gasteiger partial charge on any atom is 0.250 e. The van der Waals surface area contributed by atoms with Crippen LogP contribution in [0.2, 0.25) is 0 Å². The third-order valence-electron chi connectivity index (χ3n) is 2.18. The highest BCUT2D eigenvalue weighted by atomic mass is 32.2. The summed E-state index contributed by atoms with van der Waals surface area (Å²) in [6.07, 6.45) is 0.0825. The lowest BCUT2D eigenvalue weighted by molar-refractivity contribution is -0.104. The van der Waals surface area contributed by atoms with Crippen molar-refractivity contribution in [1.82, 2.24) is 4.72 Å². The number of hydrogen-bond donors (Lipinski definition) is 1. The third kappa shape index (κ3) is 4.36. The summed E-state index contributed by atoms with van der Waals surface area (Å²) in [5.41, 5.74) is 0. The molecular weight excluding hydrogens is 262 g/mol. The van der Waals surface area contributed by atoms with Gasteiger partial charge in [0.2, 0.25) is 10.0 Å². The van der Waals surface area contributed by atoms with Crippen molar-refractivity contribution in [3.05, 3.63) is 17.0 Å². The molecule has 0 amide bonds. The number of rotatable bonds is 7. The fourth-order valence-corrected chi connectivity index (χ4v) is 3.65. The van der Waals surface area contributed by atoms with Crippen LogP contribution in [0.1, 0.15) is 11.3 Å². The molecule has 0 saturated carbocycles. The molecule has 0 aromatic carbocycles. The first-order valence-corrected chi connectivity index (χ1v) is 7.41. The molecule has 0 aliphatic carbocycles. The number of methoxy groups -OCH3 is 2.